The summed E-state index contributed by atoms with van der Waals surface area (Å²) in [5.41, 5.74) is 8.27. The molecule has 40 heavy (non-hydrogen) atoms. The van der Waals surface area contributed by atoms with Gasteiger partial charge >= 0.3 is 0 Å². The highest BCUT2D eigenvalue weighted by Gasteiger charge is 2.37. The number of nitrogens with one attached hydrogen (secondary N) is 1. The molecule has 0 spiro atoms. The molecule has 0 unspecified atom stereocenters. The summed E-state index contributed by atoms with van der Waals surface area (Å²) in [5, 5.41) is 3.83. The first-order valence-corrected chi connectivity index (χ1v) is 14.7. The van der Waals surface area contributed by atoms with E-state index in [9.17, 15) is 0 Å². The fourth-order valence-corrected chi connectivity index (χ4v) is 5.96. The second-order valence-electron chi connectivity index (χ2n) is 10.5. The van der Waals surface area contributed by atoms with Gasteiger partial charge in [0.05, 0.1) is 18.3 Å². The monoisotopic (exact) mass is 592 g/mol. The minimum atomic E-state index is 0.284. The summed E-state index contributed by atoms with van der Waals surface area (Å²) < 4.78 is 13.0. The largest absolute Gasteiger partial charge is 0.490 e. The molecular weight excluding hydrogens is 560 g/mol. The summed E-state index contributed by atoms with van der Waals surface area (Å²) in [5.74, 6) is 2.45. The lowest BCUT2D eigenvalue weighted by Crippen LogP contribution is -2.29. The molecule has 1 heterocycles. The van der Waals surface area contributed by atoms with E-state index in [2.05, 4.69) is 82.8 Å². The third-order valence-corrected chi connectivity index (χ3v) is 8.24. The number of ether oxygens (including phenoxy) is 2. The number of benzene rings is 4. The molecule has 4 nitrogen and oxygen atoms in total. The fraction of sp³-hybridized carbons (Fsp3) is 0.229. The van der Waals surface area contributed by atoms with Crippen LogP contribution in [0.1, 0.15) is 53.1 Å². The Hall–Kier alpha value is -3.83. The van der Waals surface area contributed by atoms with Crippen LogP contribution in [0.15, 0.2) is 107 Å². The number of rotatable bonds is 8. The molecule has 202 valence electrons. The maximum atomic E-state index is 6.07. The van der Waals surface area contributed by atoms with Crippen LogP contribution in [-0.4, -0.2) is 12.8 Å². The predicted molar refractivity (Wildman–Crippen MR) is 167 cm³/mol. The minimum absolute atomic E-state index is 0.284. The number of nitrogens with zero attached hydrogens (tertiary/aromatic N) is 1. The highest BCUT2D eigenvalue weighted by atomic mass is 79.9. The van der Waals surface area contributed by atoms with E-state index in [0.717, 1.165) is 39.2 Å². The van der Waals surface area contributed by atoms with E-state index in [1.165, 1.54) is 22.4 Å². The molecule has 1 aliphatic heterocycles. The standard InChI is InChI=1S/C35H33BrN2O2/c1-3-39-34-20-25(10-18-33(34)40-22-24-8-13-27(36)14-9-24)21-37-28-15-11-26(12-16-28)35-30-6-4-5-29(30)31-19-23(2)7-17-32(31)38-35/h4-5,7-21,29-30,35,38H,3,6,22H2,1-2H3/t29-,30-,35+/m1/s1. The van der Waals surface area contributed by atoms with E-state index in [1.54, 1.807) is 0 Å². The van der Waals surface area contributed by atoms with E-state index >= 15 is 0 Å². The zero-order valence-corrected chi connectivity index (χ0v) is 24.4. The minimum Gasteiger partial charge on any atom is -0.490 e. The Balaban J connectivity index is 1.15. The molecule has 2 aliphatic rings. The SMILES string of the molecule is CCOc1cc(C=Nc2ccc([C@@H]3Nc4ccc(C)cc4[C@@H]4C=CC[C@H]43)cc2)ccc1OCc1ccc(Br)cc1. The predicted octanol–water partition coefficient (Wildman–Crippen LogP) is 9.31. The van der Waals surface area contributed by atoms with E-state index in [0.29, 0.717) is 25.0 Å². The Morgan fingerprint density at radius 2 is 1.75 bits per heavy atom. The molecule has 0 radical (unpaired) electrons. The van der Waals surface area contributed by atoms with Gasteiger partial charge in [-0.3, -0.25) is 4.99 Å². The molecule has 4 aromatic rings. The molecule has 5 heteroatoms. The van der Waals surface area contributed by atoms with Crippen molar-refractivity contribution >= 4 is 33.5 Å². The van der Waals surface area contributed by atoms with Crippen LogP contribution in [0.25, 0.3) is 0 Å². The average Bonchev–Trinajstić information content (AvgIpc) is 3.47. The van der Waals surface area contributed by atoms with Crippen LogP contribution in [0.5, 0.6) is 11.5 Å². The summed E-state index contributed by atoms with van der Waals surface area (Å²) in [6.07, 6.45) is 7.71. The summed E-state index contributed by atoms with van der Waals surface area (Å²) in [4.78, 5) is 4.75. The van der Waals surface area contributed by atoms with Gasteiger partial charge in [0.15, 0.2) is 11.5 Å². The number of aryl methyl sites for hydroxylation is 1. The third-order valence-electron chi connectivity index (χ3n) is 7.71. The first-order valence-electron chi connectivity index (χ1n) is 13.9. The van der Waals surface area contributed by atoms with Crippen molar-refractivity contribution < 1.29 is 9.47 Å². The van der Waals surface area contributed by atoms with Gasteiger partial charge < -0.3 is 14.8 Å². The van der Waals surface area contributed by atoms with Crippen molar-refractivity contribution in [3.05, 3.63) is 129 Å². The number of hydrogen-bond donors (Lipinski definition) is 1. The zero-order valence-electron chi connectivity index (χ0n) is 22.8. The van der Waals surface area contributed by atoms with Crippen molar-refractivity contribution in [2.75, 3.05) is 11.9 Å². The molecular formula is C35H33BrN2O2. The van der Waals surface area contributed by atoms with Gasteiger partial charge in [0, 0.05) is 22.3 Å². The Morgan fingerprint density at radius 3 is 2.55 bits per heavy atom. The summed E-state index contributed by atoms with van der Waals surface area (Å²) in [6.45, 7) is 5.19. The summed E-state index contributed by atoms with van der Waals surface area (Å²) >= 11 is 3.47. The van der Waals surface area contributed by atoms with E-state index < -0.39 is 0 Å². The lowest BCUT2D eigenvalue weighted by molar-refractivity contribution is 0.269. The molecule has 0 saturated carbocycles. The Morgan fingerprint density at radius 1 is 0.925 bits per heavy atom. The van der Waals surface area contributed by atoms with Crippen LogP contribution in [0.3, 0.4) is 0 Å². The number of aliphatic imine (C=N–C) groups is 1. The average molecular weight is 594 g/mol. The van der Waals surface area contributed by atoms with Crippen molar-refractivity contribution in [1.82, 2.24) is 0 Å². The van der Waals surface area contributed by atoms with Crippen molar-refractivity contribution in [3.63, 3.8) is 0 Å². The fourth-order valence-electron chi connectivity index (χ4n) is 5.69. The zero-order chi connectivity index (χ0) is 27.5. The van der Waals surface area contributed by atoms with Gasteiger partial charge in [-0.2, -0.15) is 0 Å². The molecule has 0 amide bonds. The number of anilines is 1. The molecule has 1 N–H and O–H groups in total. The second-order valence-corrected chi connectivity index (χ2v) is 11.4. The molecule has 4 aromatic carbocycles. The second kappa shape index (κ2) is 11.7. The normalized spacial score (nSPS) is 19.2. The molecule has 0 aromatic heterocycles. The molecule has 3 atom stereocenters. The Kier molecular flexibility index (Phi) is 7.74. The lowest BCUT2D eigenvalue weighted by Gasteiger charge is -2.37. The number of halogens is 1. The van der Waals surface area contributed by atoms with Crippen molar-refractivity contribution in [1.29, 1.82) is 0 Å². The van der Waals surface area contributed by atoms with Gasteiger partial charge in [0.2, 0.25) is 0 Å². The molecule has 0 bridgehead atoms. The van der Waals surface area contributed by atoms with Crippen LogP contribution < -0.4 is 14.8 Å². The Bertz CT molecular complexity index is 1540. The first kappa shape index (κ1) is 26.4. The maximum Gasteiger partial charge on any atom is 0.161 e. The lowest BCUT2D eigenvalue weighted by atomic mass is 9.76. The van der Waals surface area contributed by atoms with Crippen LogP contribution in [0.4, 0.5) is 11.4 Å². The van der Waals surface area contributed by atoms with Crippen LogP contribution in [-0.2, 0) is 6.61 Å². The number of fused-ring (bicyclic) bond motifs is 3. The van der Waals surface area contributed by atoms with Gasteiger partial charge in [-0.1, -0.05) is 70.0 Å². The van der Waals surface area contributed by atoms with Crippen LogP contribution >= 0.6 is 15.9 Å². The van der Waals surface area contributed by atoms with E-state index in [4.69, 9.17) is 14.5 Å². The summed E-state index contributed by atoms with van der Waals surface area (Å²) in [7, 11) is 0. The van der Waals surface area contributed by atoms with Crippen LogP contribution in [0.2, 0.25) is 0 Å². The van der Waals surface area contributed by atoms with Crippen molar-refractivity contribution in [2.24, 2.45) is 10.9 Å². The van der Waals surface area contributed by atoms with Gasteiger partial charge in [-0.15, -0.1) is 0 Å². The van der Waals surface area contributed by atoms with Gasteiger partial charge in [-0.25, -0.2) is 0 Å². The molecule has 0 fully saturated rings. The van der Waals surface area contributed by atoms with Gasteiger partial charge in [0.25, 0.3) is 0 Å². The molecule has 1 aliphatic carbocycles. The van der Waals surface area contributed by atoms with Crippen molar-refractivity contribution in [3.8, 4) is 11.5 Å². The Labute approximate surface area is 244 Å². The van der Waals surface area contributed by atoms with Crippen molar-refractivity contribution in [2.45, 2.75) is 38.8 Å². The maximum absolute atomic E-state index is 6.07. The first-order chi connectivity index (χ1) is 19.6. The highest BCUT2D eigenvalue weighted by molar-refractivity contribution is 9.10. The quantitative estimate of drug-likeness (QED) is 0.164. The highest BCUT2D eigenvalue weighted by Crippen LogP contribution is 2.50. The van der Waals surface area contributed by atoms with E-state index in [-0.39, 0.29) is 6.04 Å². The van der Waals surface area contributed by atoms with Gasteiger partial charge in [-0.05, 0) is 97.0 Å². The number of allylic oxidation sites excluding steroid dienone is 2. The van der Waals surface area contributed by atoms with Crippen LogP contribution in [0, 0.1) is 12.8 Å². The topological polar surface area (TPSA) is 42.8 Å². The molecule has 0 saturated heterocycles. The number of hydrogen-bond acceptors (Lipinski definition) is 4. The smallest absolute Gasteiger partial charge is 0.161 e. The van der Waals surface area contributed by atoms with Gasteiger partial charge in [0.1, 0.15) is 6.61 Å². The molecule has 6 rings (SSSR count). The third kappa shape index (κ3) is 5.71. The van der Waals surface area contributed by atoms with E-state index in [1.807, 2.05) is 55.6 Å². The summed E-state index contributed by atoms with van der Waals surface area (Å²) in [6, 6.07) is 29.7.